The fourth-order valence-corrected chi connectivity index (χ4v) is 3.14. The molecule has 0 bridgehead atoms. The minimum Gasteiger partial charge on any atom is -0.481 e. The standard InChI is InChI=1S/C17H12N4O.C9H10O4/c1-2-12-8-10-14(11-9-12)18-20-16-15(19-21-17(16)22)13-6-4-3-5-7-13;1-9(8(12)13)4-2-3-6(5-9)7(10)11/h2-11H,1H2;2-4H,5H2,1H3,(H,10,11)(H,12,13). The summed E-state index contributed by atoms with van der Waals surface area (Å²) in [6, 6.07) is 16.7. The smallest absolute Gasteiger partial charge is 0.331 e. The van der Waals surface area contributed by atoms with Gasteiger partial charge in [-0.25, -0.2) is 4.79 Å². The number of azo groups is 2. The Morgan fingerprint density at radius 2 is 1.71 bits per heavy atom. The van der Waals surface area contributed by atoms with E-state index in [9.17, 15) is 14.4 Å². The first kappa shape index (κ1) is 24.8. The third-order valence-corrected chi connectivity index (χ3v) is 5.19. The number of nitrogens with zero attached hydrogens (tertiary/aromatic N) is 4. The van der Waals surface area contributed by atoms with Gasteiger partial charge in [-0.05, 0) is 31.0 Å². The van der Waals surface area contributed by atoms with Crippen LogP contribution in [0.15, 0.2) is 111 Å². The van der Waals surface area contributed by atoms with Crippen molar-refractivity contribution in [3.63, 3.8) is 0 Å². The predicted octanol–water partition coefficient (Wildman–Crippen LogP) is 5.82. The van der Waals surface area contributed by atoms with Gasteiger partial charge >= 0.3 is 17.8 Å². The molecule has 1 aliphatic carbocycles. The third kappa shape index (κ3) is 6.17. The van der Waals surface area contributed by atoms with Crippen molar-refractivity contribution in [3.05, 3.63) is 102 Å². The van der Waals surface area contributed by atoms with Gasteiger partial charge in [0.2, 0.25) is 0 Å². The van der Waals surface area contributed by atoms with Crippen LogP contribution in [0.3, 0.4) is 0 Å². The van der Waals surface area contributed by atoms with Crippen molar-refractivity contribution in [2.45, 2.75) is 13.3 Å². The number of hydrogen-bond donors (Lipinski definition) is 2. The first-order chi connectivity index (χ1) is 16.7. The fraction of sp³-hybridized carbons (Fsp3) is 0.115. The molecular weight excluding hydrogens is 448 g/mol. The van der Waals surface area contributed by atoms with E-state index in [1.165, 1.54) is 25.2 Å². The number of allylic oxidation sites excluding steroid dienone is 2. The van der Waals surface area contributed by atoms with E-state index < -0.39 is 23.3 Å². The number of amides is 1. The number of carboxylic acids is 2. The molecule has 0 saturated carbocycles. The van der Waals surface area contributed by atoms with E-state index >= 15 is 0 Å². The summed E-state index contributed by atoms with van der Waals surface area (Å²) in [6.07, 6.45) is 6.18. The van der Waals surface area contributed by atoms with Gasteiger partial charge in [0.25, 0.3) is 0 Å². The summed E-state index contributed by atoms with van der Waals surface area (Å²) in [5.41, 5.74) is 2.06. The van der Waals surface area contributed by atoms with Crippen LogP contribution in [-0.4, -0.2) is 28.1 Å². The molecule has 0 saturated heterocycles. The molecule has 0 fully saturated rings. The number of rotatable bonds is 6. The van der Waals surface area contributed by atoms with Crippen LogP contribution in [0.5, 0.6) is 0 Å². The molecule has 2 aromatic carbocycles. The van der Waals surface area contributed by atoms with Crippen molar-refractivity contribution in [1.29, 1.82) is 0 Å². The minimum atomic E-state index is -1.08. The molecular formula is C26H22N4O5. The maximum atomic E-state index is 11.8. The van der Waals surface area contributed by atoms with Crippen molar-refractivity contribution in [2.75, 3.05) is 0 Å². The minimum absolute atomic E-state index is 0.0359. The zero-order valence-corrected chi connectivity index (χ0v) is 18.8. The first-order valence-electron chi connectivity index (χ1n) is 10.5. The average molecular weight is 470 g/mol. The van der Waals surface area contributed by atoms with Gasteiger partial charge in [-0.3, -0.25) is 9.59 Å². The Hall–Kier alpha value is -4.79. The van der Waals surface area contributed by atoms with E-state index in [4.69, 9.17) is 10.2 Å². The van der Waals surface area contributed by atoms with Gasteiger partial charge in [-0.1, -0.05) is 73.3 Å². The largest absolute Gasteiger partial charge is 0.481 e. The lowest BCUT2D eigenvalue weighted by Crippen LogP contribution is -2.28. The zero-order valence-electron chi connectivity index (χ0n) is 18.8. The Morgan fingerprint density at radius 1 is 1.03 bits per heavy atom. The normalized spacial score (nSPS) is 18.8. The molecule has 2 aromatic rings. The first-order valence-corrected chi connectivity index (χ1v) is 10.5. The molecule has 0 spiro atoms. The second-order valence-electron chi connectivity index (χ2n) is 7.82. The molecule has 1 atom stereocenters. The van der Waals surface area contributed by atoms with Crippen molar-refractivity contribution in [3.8, 4) is 0 Å². The van der Waals surface area contributed by atoms with E-state index in [0.717, 1.165) is 11.1 Å². The van der Waals surface area contributed by atoms with Crippen molar-refractivity contribution in [1.82, 2.24) is 0 Å². The van der Waals surface area contributed by atoms with Crippen LogP contribution in [0.2, 0.25) is 0 Å². The summed E-state index contributed by atoms with van der Waals surface area (Å²) in [7, 11) is 0. The molecule has 2 aliphatic rings. The third-order valence-electron chi connectivity index (χ3n) is 5.19. The van der Waals surface area contributed by atoms with E-state index in [2.05, 4.69) is 27.0 Å². The Morgan fingerprint density at radius 3 is 2.31 bits per heavy atom. The number of carboxylic acid groups (broad SMARTS) is 2. The van der Waals surface area contributed by atoms with Crippen LogP contribution in [0.1, 0.15) is 24.5 Å². The van der Waals surface area contributed by atoms with E-state index in [0.29, 0.717) is 11.4 Å². The molecule has 9 heteroatoms. The lowest BCUT2D eigenvalue weighted by atomic mass is 9.80. The van der Waals surface area contributed by atoms with Gasteiger partial charge in [0.1, 0.15) is 5.70 Å². The number of hydrogen-bond acceptors (Lipinski definition) is 6. The Bertz CT molecular complexity index is 1310. The lowest BCUT2D eigenvalue weighted by molar-refractivity contribution is -0.145. The Labute approximate surface area is 201 Å². The van der Waals surface area contributed by atoms with Crippen LogP contribution in [0, 0.1) is 5.41 Å². The van der Waals surface area contributed by atoms with Crippen molar-refractivity contribution in [2.24, 2.45) is 25.9 Å². The molecule has 35 heavy (non-hydrogen) atoms. The van der Waals surface area contributed by atoms with Crippen LogP contribution in [0.4, 0.5) is 5.69 Å². The van der Waals surface area contributed by atoms with E-state index in [1.807, 2.05) is 42.5 Å². The monoisotopic (exact) mass is 470 g/mol. The number of carbonyl (C=O) groups is 3. The molecule has 4 rings (SSSR count). The van der Waals surface area contributed by atoms with Gasteiger partial charge in [0.05, 0.1) is 11.1 Å². The molecule has 0 radical (unpaired) electrons. The lowest BCUT2D eigenvalue weighted by Gasteiger charge is -2.23. The van der Waals surface area contributed by atoms with Crippen LogP contribution in [-0.2, 0) is 14.4 Å². The maximum absolute atomic E-state index is 11.8. The second kappa shape index (κ2) is 10.9. The van der Waals surface area contributed by atoms with Gasteiger partial charge in [0.15, 0.2) is 5.70 Å². The van der Waals surface area contributed by atoms with Gasteiger partial charge in [-0.15, -0.1) is 15.3 Å². The number of carbonyl (C=O) groups excluding carboxylic acids is 1. The Kier molecular flexibility index (Phi) is 7.73. The predicted molar refractivity (Wildman–Crippen MR) is 129 cm³/mol. The van der Waals surface area contributed by atoms with Crippen LogP contribution in [0.25, 0.3) is 11.8 Å². The molecule has 176 valence electrons. The highest BCUT2D eigenvalue weighted by molar-refractivity contribution is 6.03. The summed E-state index contributed by atoms with van der Waals surface area (Å²) in [4.78, 5) is 33.1. The fourth-order valence-electron chi connectivity index (χ4n) is 3.14. The zero-order chi connectivity index (χ0) is 25.4. The van der Waals surface area contributed by atoms with E-state index in [-0.39, 0.29) is 17.7 Å². The molecule has 1 unspecified atom stereocenters. The molecule has 9 nitrogen and oxygen atoms in total. The summed E-state index contributed by atoms with van der Waals surface area (Å²) >= 11 is 0. The molecule has 1 aliphatic heterocycles. The topological polar surface area (TPSA) is 141 Å². The quantitative estimate of drug-likeness (QED) is 0.512. The highest BCUT2D eigenvalue weighted by Crippen LogP contribution is 2.31. The van der Waals surface area contributed by atoms with Gasteiger partial charge in [0, 0.05) is 11.1 Å². The summed E-state index contributed by atoms with van der Waals surface area (Å²) in [5, 5.41) is 33.1. The molecule has 0 aromatic heterocycles. The highest BCUT2D eigenvalue weighted by Gasteiger charge is 2.34. The summed E-state index contributed by atoms with van der Waals surface area (Å²) in [6.45, 7) is 5.19. The maximum Gasteiger partial charge on any atom is 0.331 e. The average Bonchev–Trinajstić information content (AvgIpc) is 3.24. The van der Waals surface area contributed by atoms with Crippen LogP contribution < -0.4 is 0 Å². The summed E-state index contributed by atoms with van der Waals surface area (Å²) < 4.78 is 0. The number of benzene rings is 2. The highest BCUT2D eigenvalue weighted by atomic mass is 16.4. The SMILES string of the molecule is C=Cc1ccc(N=NC2=C(c3ccccc3)N=NC2=O)cc1.CC1(C(=O)O)C=CC=C(C(=O)O)C1. The Balaban J connectivity index is 0.000000225. The van der Waals surface area contributed by atoms with Crippen LogP contribution >= 0.6 is 0 Å². The van der Waals surface area contributed by atoms with E-state index in [1.54, 1.807) is 18.2 Å². The molecule has 2 N–H and O–H groups in total. The number of aliphatic carboxylic acids is 2. The van der Waals surface area contributed by atoms with Crippen molar-refractivity contribution < 1.29 is 24.6 Å². The van der Waals surface area contributed by atoms with Gasteiger partial charge < -0.3 is 10.2 Å². The molecule has 1 heterocycles. The summed E-state index contributed by atoms with van der Waals surface area (Å²) in [5.74, 6) is -2.54. The van der Waals surface area contributed by atoms with Crippen molar-refractivity contribution >= 4 is 35.3 Å². The second-order valence-corrected chi connectivity index (χ2v) is 7.82. The molecule has 1 amide bonds. The van der Waals surface area contributed by atoms with Gasteiger partial charge in [-0.2, -0.15) is 5.11 Å².